The maximum Gasteiger partial charge on any atom is 0.224 e. The second kappa shape index (κ2) is 10.1. The average molecular weight is 445 g/mol. The number of H-pyrrole nitrogens is 1. The van der Waals surface area contributed by atoms with Crippen LogP contribution in [0.2, 0.25) is 0 Å². The van der Waals surface area contributed by atoms with Crippen molar-refractivity contribution in [3.8, 4) is 17.2 Å². The van der Waals surface area contributed by atoms with Crippen molar-refractivity contribution in [1.29, 1.82) is 0 Å². The Morgan fingerprint density at radius 3 is 2.39 bits per heavy atom. The Bertz CT molecular complexity index is 1230. The molecule has 1 amide bonds. The van der Waals surface area contributed by atoms with Gasteiger partial charge in [0.1, 0.15) is 5.75 Å². The van der Waals surface area contributed by atoms with Crippen molar-refractivity contribution in [2.24, 2.45) is 0 Å². The molecule has 4 rings (SSSR count). The van der Waals surface area contributed by atoms with E-state index in [2.05, 4.69) is 22.4 Å². The van der Waals surface area contributed by atoms with E-state index in [9.17, 15) is 4.79 Å². The van der Waals surface area contributed by atoms with Crippen LogP contribution in [0.15, 0.2) is 72.9 Å². The van der Waals surface area contributed by atoms with E-state index in [1.165, 1.54) is 0 Å². The van der Waals surface area contributed by atoms with Crippen LogP contribution in [0, 0.1) is 0 Å². The number of amides is 1. The summed E-state index contributed by atoms with van der Waals surface area (Å²) in [6.07, 6.45) is 2.28. The van der Waals surface area contributed by atoms with Gasteiger partial charge in [-0.3, -0.25) is 4.79 Å². The van der Waals surface area contributed by atoms with Gasteiger partial charge in [-0.05, 0) is 47.0 Å². The maximum atomic E-state index is 12.8. The lowest BCUT2D eigenvalue weighted by atomic mass is 9.90. The zero-order valence-corrected chi connectivity index (χ0v) is 19.1. The van der Waals surface area contributed by atoms with E-state index in [4.69, 9.17) is 14.2 Å². The normalized spacial score (nSPS) is 11.7. The second-order valence-corrected chi connectivity index (χ2v) is 7.79. The molecule has 6 heteroatoms. The Balaban J connectivity index is 1.55. The number of hydrogen-bond donors (Lipinski definition) is 2. The fourth-order valence-electron chi connectivity index (χ4n) is 4.08. The van der Waals surface area contributed by atoms with Crippen molar-refractivity contribution >= 4 is 16.8 Å². The molecule has 170 valence electrons. The second-order valence-electron chi connectivity index (χ2n) is 7.79. The Labute approximate surface area is 193 Å². The predicted molar refractivity (Wildman–Crippen MR) is 129 cm³/mol. The summed E-state index contributed by atoms with van der Waals surface area (Å²) >= 11 is 0. The molecule has 1 aromatic heterocycles. The maximum absolute atomic E-state index is 12.8. The van der Waals surface area contributed by atoms with E-state index in [1.807, 2.05) is 60.8 Å². The molecule has 1 atom stereocenters. The van der Waals surface area contributed by atoms with Crippen molar-refractivity contribution < 1.29 is 19.0 Å². The van der Waals surface area contributed by atoms with E-state index in [0.29, 0.717) is 18.0 Å². The number of hydrogen-bond acceptors (Lipinski definition) is 4. The number of fused-ring (bicyclic) bond motifs is 1. The van der Waals surface area contributed by atoms with Gasteiger partial charge in [-0.2, -0.15) is 0 Å². The predicted octanol–water partition coefficient (Wildman–Crippen LogP) is 4.68. The van der Waals surface area contributed by atoms with Crippen LogP contribution in [-0.4, -0.2) is 38.8 Å². The largest absolute Gasteiger partial charge is 0.497 e. The highest BCUT2D eigenvalue weighted by molar-refractivity contribution is 5.84. The van der Waals surface area contributed by atoms with Gasteiger partial charge >= 0.3 is 0 Å². The third-order valence-corrected chi connectivity index (χ3v) is 5.83. The summed E-state index contributed by atoms with van der Waals surface area (Å²) in [5.74, 6) is 1.98. The van der Waals surface area contributed by atoms with Gasteiger partial charge in [-0.1, -0.05) is 36.4 Å². The van der Waals surface area contributed by atoms with Crippen molar-refractivity contribution in [2.75, 3.05) is 27.9 Å². The number of carbonyl (C=O) groups is 1. The third kappa shape index (κ3) is 4.95. The molecule has 0 saturated carbocycles. The summed E-state index contributed by atoms with van der Waals surface area (Å²) in [4.78, 5) is 16.2. The van der Waals surface area contributed by atoms with Gasteiger partial charge in [-0.25, -0.2) is 0 Å². The van der Waals surface area contributed by atoms with Crippen LogP contribution < -0.4 is 19.5 Å². The fraction of sp³-hybridized carbons (Fsp3) is 0.222. The van der Waals surface area contributed by atoms with Crippen LogP contribution >= 0.6 is 0 Å². The number of benzene rings is 3. The van der Waals surface area contributed by atoms with Crippen molar-refractivity contribution in [3.05, 3.63) is 89.6 Å². The third-order valence-electron chi connectivity index (χ3n) is 5.83. The molecule has 0 aliphatic heterocycles. The molecule has 0 aliphatic carbocycles. The minimum Gasteiger partial charge on any atom is -0.497 e. The van der Waals surface area contributed by atoms with Gasteiger partial charge in [0.05, 0.1) is 27.8 Å². The standard InChI is InChI=1S/C27H28N2O4/c1-31-20-11-9-19(10-12-20)22(23-17-28-24-7-5-4-6-21(23)24)16-29-27(30)15-18-8-13-25(32-2)26(14-18)33-3/h4-14,17,22,28H,15-16H2,1-3H3,(H,29,30). The van der Waals surface area contributed by atoms with Crippen LogP contribution in [0.5, 0.6) is 17.2 Å². The Morgan fingerprint density at radius 2 is 1.67 bits per heavy atom. The SMILES string of the molecule is COc1ccc(C(CNC(=O)Cc2ccc(OC)c(OC)c2)c2c[nH]c3ccccc23)cc1. The first kappa shape index (κ1) is 22.3. The monoisotopic (exact) mass is 444 g/mol. The lowest BCUT2D eigenvalue weighted by Gasteiger charge is -2.19. The molecule has 0 spiro atoms. The zero-order valence-electron chi connectivity index (χ0n) is 19.1. The van der Waals surface area contributed by atoms with E-state index in [0.717, 1.165) is 33.3 Å². The molecule has 0 fully saturated rings. The first-order chi connectivity index (χ1) is 16.1. The Hall–Kier alpha value is -3.93. The number of nitrogens with one attached hydrogen (secondary N) is 2. The van der Waals surface area contributed by atoms with Gasteiger partial charge < -0.3 is 24.5 Å². The minimum absolute atomic E-state index is 0.0126. The van der Waals surface area contributed by atoms with Gasteiger partial charge in [0.15, 0.2) is 11.5 Å². The summed E-state index contributed by atoms with van der Waals surface area (Å²) < 4.78 is 15.9. The fourth-order valence-corrected chi connectivity index (χ4v) is 4.08. The lowest BCUT2D eigenvalue weighted by Crippen LogP contribution is -2.30. The van der Waals surface area contributed by atoms with Gasteiger partial charge in [0.2, 0.25) is 5.91 Å². The number of para-hydroxylation sites is 1. The number of ether oxygens (including phenoxy) is 3. The molecule has 2 N–H and O–H groups in total. The molecule has 0 bridgehead atoms. The summed E-state index contributed by atoms with van der Waals surface area (Å²) in [5.41, 5.74) is 4.18. The highest BCUT2D eigenvalue weighted by atomic mass is 16.5. The summed E-state index contributed by atoms with van der Waals surface area (Å²) in [5, 5.41) is 4.27. The lowest BCUT2D eigenvalue weighted by molar-refractivity contribution is -0.120. The number of rotatable bonds is 9. The topological polar surface area (TPSA) is 72.6 Å². The summed E-state index contributed by atoms with van der Waals surface area (Å²) in [7, 11) is 4.83. The molecule has 0 saturated heterocycles. The van der Waals surface area contributed by atoms with Gasteiger partial charge in [-0.15, -0.1) is 0 Å². The Morgan fingerprint density at radius 1 is 0.909 bits per heavy atom. The summed E-state index contributed by atoms with van der Waals surface area (Å²) in [6, 6.07) is 21.7. The molecule has 0 aliphatic rings. The van der Waals surface area contributed by atoms with Crippen LogP contribution in [0.1, 0.15) is 22.6 Å². The highest BCUT2D eigenvalue weighted by Crippen LogP contribution is 2.32. The van der Waals surface area contributed by atoms with E-state index >= 15 is 0 Å². The van der Waals surface area contributed by atoms with Crippen LogP contribution in [0.3, 0.4) is 0 Å². The number of methoxy groups -OCH3 is 3. The quantitative estimate of drug-likeness (QED) is 0.393. The highest BCUT2D eigenvalue weighted by Gasteiger charge is 2.19. The minimum atomic E-state index is -0.0550. The zero-order chi connectivity index (χ0) is 23.2. The van der Waals surface area contributed by atoms with Gasteiger partial charge in [0, 0.05) is 29.6 Å². The van der Waals surface area contributed by atoms with Crippen LogP contribution in [0.4, 0.5) is 0 Å². The van der Waals surface area contributed by atoms with Crippen molar-refractivity contribution in [3.63, 3.8) is 0 Å². The average Bonchev–Trinajstić information content (AvgIpc) is 3.28. The van der Waals surface area contributed by atoms with E-state index in [-0.39, 0.29) is 18.2 Å². The van der Waals surface area contributed by atoms with Crippen molar-refractivity contribution in [1.82, 2.24) is 10.3 Å². The first-order valence-electron chi connectivity index (χ1n) is 10.8. The number of aromatic nitrogens is 1. The molecule has 4 aromatic rings. The Kier molecular flexibility index (Phi) is 6.83. The molecule has 3 aromatic carbocycles. The molecule has 1 heterocycles. The number of carbonyl (C=O) groups excluding carboxylic acids is 1. The molecule has 0 radical (unpaired) electrons. The molecular weight excluding hydrogens is 416 g/mol. The first-order valence-corrected chi connectivity index (χ1v) is 10.8. The van der Waals surface area contributed by atoms with Gasteiger partial charge in [0.25, 0.3) is 0 Å². The van der Waals surface area contributed by atoms with Crippen LogP contribution in [0.25, 0.3) is 10.9 Å². The molecular formula is C27H28N2O4. The van der Waals surface area contributed by atoms with E-state index in [1.54, 1.807) is 21.3 Å². The number of aromatic amines is 1. The van der Waals surface area contributed by atoms with E-state index < -0.39 is 0 Å². The molecule has 33 heavy (non-hydrogen) atoms. The van der Waals surface area contributed by atoms with Crippen molar-refractivity contribution in [2.45, 2.75) is 12.3 Å². The van der Waals surface area contributed by atoms with Crippen LogP contribution in [-0.2, 0) is 11.2 Å². The molecule has 1 unspecified atom stereocenters. The smallest absolute Gasteiger partial charge is 0.224 e. The molecule has 6 nitrogen and oxygen atoms in total. The summed E-state index contributed by atoms with van der Waals surface area (Å²) in [6.45, 7) is 0.473.